The molecule has 2 N–H and O–H groups in total. The maximum atomic E-state index is 14.0. The number of rotatable bonds is 5. The summed E-state index contributed by atoms with van der Waals surface area (Å²) in [4.78, 5) is 1.78. The fourth-order valence-corrected chi connectivity index (χ4v) is 2.22. The van der Waals surface area contributed by atoms with E-state index in [-0.39, 0.29) is 11.4 Å². The van der Waals surface area contributed by atoms with Crippen molar-refractivity contribution in [2.24, 2.45) is 0 Å². The summed E-state index contributed by atoms with van der Waals surface area (Å²) in [6, 6.07) is 12.1. The van der Waals surface area contributed by atoms with Crippen LogP contribution in [0.25, 0.3) is 0 Å². The van der Waals surface area contributed by atoms with E-state index in [1.165, 1.54) is 6.07 Å². The van der Waals surface area contributed by atoms with Crippen molar-refractivity contribution in [3.63, 3.8) is 0 Å². The summed E-state index contributed by atoms with van der Waals surface area (Å²) in [5, 5.41) is 0. The molecule has 0 saturated carbocycles. The lowest BCUT2D eigenvalue weighted by Crippen LogP contribution is -2.26. The Morgan fingerprint density at radius 2 is 1.75 bits per heavy atom. The molecule has 0 amide bonds. The van der Waals surface area contributed by atoms with Gasteiger partial charge in [0.1, 0.15) is 0 Å². The number of halogens is 2. The van der Waals surface area contributed by atoms with E-state index in [0.29, 0.717) is 13.1 Å². The van der Waals surface area contributed by atoms with Crippen LogP contribution in [-0.4, -0.2) is 6.54 Å². The maximum Gasteiger partial charge on any atom is 0.184 e. The Balaban J connectivity index is 2.36. The molecule has 2 aromatic carbocycles. The second-order valence-corrected chi connectivity index (χ2v) is 4.71. The zero-order chi connectivity index (χ0) is 14.5. The first kappa shape index (κ1) is 14.3. The van der Waals surface area contributed by atoms with Crippen molar-refractivity contribution in [2.75, 3.05) is 17.2 Å². The lowest BCUT2D eigenvalue weighted by Gasteiger charge is -2.26. The number of nitrogen functional groups attached to an aromatic ring is 1. The number of hydrogen-bond acceptors (Lipinski definition) is 2. The molecule has 2 aromatic rings. The first-order valence-electron chi connectivity index (χ1n) is 6.65. The van der Waals surface area contributed by atoms with E-state index in [2.05, 4.69) is 0 Å². The lowest BCUT2D eigenvalue weighted by atomic mass is 10.1. The molecule has 0 aromatic heterocycles. The molecule has 2 rings (SSSR count). The fraction of sp³-hybridized carbons (Fsp3) is 0.250. The van der Waals surface area contributed by atoms with Crippen LogP contribution in [0.3, 0.4) is 0 Å². The predicted molar refractivity (Wildman–Crippen MR) is 78.6 cm³/mol. The summed E-state index contributed by atoms with van der Waals surface area (Å²) in [5.74, 6) is -1.75. The highest BCUT2D eigenvalue weighted by molar-refractivity contribution is 5.68. The van der Waals surface area contributed by atoms with Gasteiger partial charge in [0.2, 0.25) is 0 Å². The van der Waals surface area contributed by atoms with E-state index < -0.39 is 11.6 Å². The van der Waals surface area contributed by atoms with E-state index in [1.807, 2.05) is 37.3 Å². The van der Waals surface area contributed by atoms with Gasteiger partial charge in [-0.1, -0.05) is 37.3 Å². The first-order chi connectivity index (χ1) is 9.63. The summed E-state index contributed by atoms with van der Waals surface area (Å²) in [7, 11) is 0. The van der Waals surface area contributed by atoms with Crippen molar-refractivity contribution in [3.05, 3.63) is 59.7 Å². The van der Waals surface area contributed by atoms with Crippen LogP contribution in [0.15, 0.2) is 42.5 Å². The molecular formula is C16H18F2N2. The van der Waals surface area contributed by atoms with Gasteiger partial charge in [-0.3, -0.25) is 0 Å². The molecule has 0 saturated heterocycles. The van der Waals surface area contributed by atoms with Gasteiger partial charge in [-0.25, -0.2) is 8.78 Å². The molecule has 0 heterocycles. The minimum atomic E-state index is -0.880. The molecule has 0 spiro atoms. The highest BCUT2D eigenvalue weighted by Crippen LogP contribution is 2.30. The van der Waals surface area contributed by atoms with Gasteiger partial charge < -0.3 is 10.6 Å². The highest BCUT2D eigenvalue weighted by atomic mass is 19.2. The van der Waals surface area contributed by atoms with Gasteiger partial charge in [0.15, 0.2) is 11.6 Å². The van der Waals surface area contributed by atoms with Crippen LogP contribution in [0.5, 0.6) is 0 Å². The van der Waals surface area contributed by atoms with Crippen molar-refractivity contribution in [1.82, 2.24) is 0 Å². The Morgan fingerprint density at radius 3 is 2.40 bits per heavy atom. The molecule has 0 radical (unpaired) electrons. The highest BCUT2D eigenvalue weighted by Gasteiger charge is 2.18. The summed E-state index contributed by atoms with van der Waals surface area (Å²) in [6.07, 6.45) is 0.822. The molecule has 0 unspecified atom stereocenters. The molecule has 0 bridgehead atoms. The largest absolute Gasteiger partial charge is 0.397 e. The van der Waals surface area contributed by atoms with Crippen LogP contribution in [0.2, 0.25) is 0 Å². The Bertz CT molecular complexity index is 570. The SMILES string of the molecule is CCCN(Cc1ccccc1)c1c(N)ccc(F)c1F. The number of nitrogens with two attached hydrogens (primary N) is 1. The molecule has 20 heavy (non-hydrogen) atoms. The number of anilines is 2. The van der Waals surface area contributed by atoms with Crippen molar-refractivity contribution in [3.8, 4) is 0 Å². The third-order valence-corrected chi connectivity index (χ3v) is 3.13. The Labute approximate surface area is 117 Å². The standard InChI is InChI=1S/C16H18F2N2/c1-2-10-20(11-12-6-4-3-5-7-12)16-14(19)9-8-13(17)15(16)18/h3-9H,2,10-11,19H2,1H3. The average Bonchev–Trinajstić information content (AvgIpc) is 2.45. The third kappa shape index (κ3) is 3.07. The molecule has 4 heteroatoms. The lowest BCUT2D eigenvalue weighted by molar-refractivity contribution is 0.506. The zero-order valence-electron chi connectivity index (χ0n) is 11.4. The van der Waals surface area contributed by atoms with Crippen molar-refractivity contribution < 1.29 is 8.78 Å². The Kier molecular flexibility index (Phi) is 4.56. The first-order valence-corrected chi connectivity index (χ1v) is 6.65. The molecule has 106 valence electrons. The van der Waals surface area contributed by atoms with Crippen LogP contribution in [0.4, 0.5) is 20.2 Å². The van der Waals surface area contributed by atoms with Crippen LogP contribution in [0.1, 0.15) is 18.9 Å². The summed E-state index contributed by atoms with van der Waals surface area (Å²) in [6.45, 7) is 3.10. The smallest absolute Gasteiger partial charge is 0.184 e. The molecule has 2 nitrogen and oxygen atoms in total. The molecule has 0 aliphatic carbocycles. The van der Waals surface area contributed by atoms with Gasteiger partial charge >= 0.3 is 0 Å². The van der Waals surface area contributed by atoms with Crippen molar-refractivity contribution in [2.45, 2.75) is 19.9 Å². The fourth-order valence-electron chi connectivity index (χ4n) is 2.22. The molecule has 0 aliphatic rings. The monoisotopic (exact) mass is 276 g/mol. The number of hydrogen-bond donors (Lipinski definition) is 1. The zero-order valence-corrected chi connectivity index (χ0v) is 11.4. The minimum absolute atomic E-state index is 0.149. The van der Waals surface area contributed by atoms with E-state index in [9.17, 15) is 8.78 Å². The molecular weight excluding hydrogens is 258 g/mol. The van der Waals surface area contributed by atoms with Crippen molar-refractivity contribution in [1.29, 1.82) is 0 Å². The second kappa shape index (κ2) is 6.37. The van der Waals surface area contributed by atoms with Crippen molar-refractivity contribution >= 4 is 11.4 Å². The quantitative estimate of drug-likeness (QED) is 0.837. The normalized spacial score (nSPS) is 10.6. The summed E-state index contributed by atoms with van der Waals surface area (Å²) >= 11 is 0. The topological polar surface area (TPSA) is 29.3 Å². The number of nitrogens with zero attached hydrogens (tertiary/aromatic N) is 1. The predicted octanol–water partition coefficient (Wildman–Crippen LogP) is 3.96. The molecule has 0 atom stereocenters. The van der Waals surface area contributed by atoms with Crippen LogP contribution in [-0.2, 0) is 6.54 Å². The Hall–Kier alpha value is -2.10. The molecule has 0 fully saturated rings. The van der Waals surface area contributed by atoms with Gasteiger partial charge in [0.05, 0.1) is 11.4 Å². The van der Waals surface area contributed by atoms with Crippen LogP contribution in [0, 0.1) is 11.6 Å². The second-order valence-electron chi connectivity index (χ2n) is 4.71. The number of benzene rings is 2. The van der Waals surface area contributed by atoms with Crippen LogP contribution >= 0.6 is 0 Å². The van der Waals surface area contributed by atoms with Gasteiger partial charge in [-0.2, -0.15) is 0 Å². The van der Waals surface area contributed by atoms with E-state index in [4.69, 9.17) is 5.73 Å². The molecule has 0 aliphatic heterocycles. The Morgan fingerprint density at radius 1 is 1.05 bits per heavy atom. The summed E-state index contributed by atoms with van der Waals surface area (Å²) < 4.78 is 27.5. The van der Waals surface area contributed by atoms with Gasteiger partial charge in [0, 0.05) is 13.1 Å². The van der Waals surface area contributed by atoms with E-state index >= 15 is 0 Å². The van der Waals surface area contributed by atoms with E-state index in [1.54, 1.807) is 4.90 Å². The van der Waals surface area contributed by atoms with Gasteiger partial charge in [-0.05, 0) is 24.1 Å². The average molecular weight is 276 g/mol. The van der Waals surface area contributed by atoms with Gasteiger partial charge in [0.25, 0.3) is 0 Å². The summed E-state index contributed by atoms with van der Waals surface area (Å²) in [5.41, 5.74) is 7.26. The minimum Gasteiger partial charge on any atom is -0.397 e. The van der Waals surface area contributed by atoms with E-state index in [0.717, 1.165) is 18.1 Å². The van der Waals surface area contributed by atoms with Crippen LogP contribution < -0.4 is 10.6 Å². The maximum absolute atomic E-state index is 14.0. The van der Waals surface area contributed by atoms with Gasteiger partial charge in [-0.15, -0.1) is 0 Å². The third-order valence-electron chi connectivity index (χ3n) is 3.13.